The second-order valence-corrected chi connectivity index (χ2v) is 4.25. The van der Waals surface area contributed by atoms with Crippen molar-refractivity contribution in [2.24, 2.45) is 0 Å². The molecule has 1 atom stereocenters. The molecule has 0 saturated carbocycles. The molecule has 0 bridgehead atoms. The molecule has 86 valence electrons. The number of halogens is 1. The third kappa shape index (κ3) is 4.20. The van der Waals surface area contributed by atoms with Crippen molar-refractivity contribution in [3.63, 3.8) is 0 Å². The van der Waals surface area contributed by atoms with Gasteiger partial charge in [-0.1, -0.05) is 25.4 Å². The van der Waals surface area contributed by atoms with E-state index in [4.69, 9.17) is 16.3 Å². The summed E-state index contributed by atoms with van der Waals surface area (Å²) in [6, 6.07) is 0.639. The van der Waals surface area contributed by atoms with Crippen LogP contribution in [0.15, 0.2) is 12.4 Å². The van der Waals surface area contributed by atoms with Crippen molar-refractivity contribution in [1.82, 2.24) is 15.1 Å². The van der Waals surface area contributed by atoms with Gasteiger partial charge in [0.15, 0.2) is 0 Å². The highest BCUT2D eigenvalue weighted by atomic mass is 35.5. The predicted molar refractivity (Wildman–Crippen MR) is 61.3 cm³/mol. The molecule has 4 nitrogen and oxygen atoms in total. The predicted octanol–water partition coefficient (Wildman–Crippen LogP) is 1.72. The number of rotatable bonds is 6. The average Bonchev–Trinajstić information content (AvgIpc) is 2.59. The molecule has 5 heteroatoms. The van der Waals surface area contributed by atoms with E-state index in [1.54, 1.807) is 13.3 Å². The summed E-state index contributed by atoms with van der Waals surface area (Å²) in [6.45, 7) is 5.67. The fourth-order valence-electron chi connectivity index (χ4n) is 1.31. The highest BCUT2D eigenvalue weighted by Crippen LogP contribution is 2.11. The van der Waals surface area contributed by atoms with Crippen LogP contribution in [0.1, 0.15) is 19.9 Å². The Morgan fingerprint density at radius 3 is 2.80 bits per heavy atom. The second kappa shape index (κ2) is 6.10. The molecule has 0 saturated heterocycles. The SMILES string of the molecule is COCC(CNC(C)C)n1cc(Cl)cn1. The molecule has 0 amide bonds. The summed E-state index contributed by atoms with van der Waals surface area (Å²) in [4.78, 5) is 0. The molecule has 0 fully saturated rings. The van der Waals surface area contributed by atoms with Crippen LogP contribution in [0.25, 0.3) is 0 Å². The summed E-state index contributed by atoms with van der Waals surface area (Å²) in [5.74, 6) is 0. The first-order chi connectivity index (χ1) is 7.13. The third-order valence-corrected chi connectivity index (χ3v) is 2.26. The van der Waals surface area contributed by atoms with Crippen molar-refractivity contribution < 1.29 is 4.74 Å². The van der Waals surface area contributed by atoms with Gasteiger partial charge in [0.05, 0.1) is 23.9 Å². The summed E-state index contributed by atoms with van der Waals surface area (Å²) in [5.41, 5.74) is 0. The Kier molecular flexibility index (Phi) is 5.08. The Labute approximate surface area is 95.6 Å². The fraction of sp³-hybridized carbons (Fsp3) is 0.700. The zero-order valence-corrected chi connectivity index (χ0v) is 10.2. The zero-order chi connectivity index (χ0) is 11.3. The summed E-state index contributed by atoms with van der Waals surface area (Å²) < 4.78 is 6.99. The maximum Gasteiger partial charge on any atom is 0.0877 e. The minimum absolute atomic E-state index is 0.185. The van der Waals surface area contributed by atoms with Gasteiger partial charge < -0.3 is 10.1 Å². The Morgan fingerprint density at radius 2 is 2.33 bits per heavy atom. The summed E-state index contributed by atoms with van der Waals surface area (Å²) in [5, 5.41) is 8.18. The number of hydrogen-bond acceptors (Lipinski definition) is 3. The van der Waals surface area contributed by atoms with Gasteiger partial charge in [-0.2, -0.15) is 5.10 Å². The van der Waals surface area contributed by atoms with Crippen molar-refractivity contribution in [1.29, 1.82) is 0 Å². The van der Waals surface area contributed by atoms with Gasteiger partial charge in [-0.3, -0.25) is 4.68 Å². The number of nitrogens with zero attached hydrogens (tertiary/aromatic N) is 2. The van der Waals surface area contributed by atoms with Gasteiger partial charge >= 0.3 is 0 Å². The van der Waals surface area contributed by atoms with Crippen molar-refractivity contribution in [2.75, 3.05) is 20.3 Å². The first-order valence-electron chi connectivity index (χ1n) is 5.05. The number of ether oxygens (including phenoxy) is 1. The van der Waals surface area contributed by atoms with Crippen LogP contribution in [-0.2, 0) is 4.74 Å². The number of methoxy groups -OCH3 is 1. The quantitative estimate of drug-likeness (QED) is 0.811. The Morgan fingerprint density at radius 1 is 1.60 bits per heavy atom. The molecule has 0 spiro atoms. The molecular formula is C10H18ClN3O. The van der Waals surface area contributed by atoms with Gasteiger partial charge in [-0.15, -0.1) is 0 Å². The van der Waals surface area contributed by atoms with E-state index in [2.05, 4.69) is 24.3 Å². The lowest BCUT2D eigenvalue weighted by Gasteiger charge is -2.18. The Bertz CT molecular complexity index is 288. The smallest absolute Gasteiger partial charge is 0.0877 e. The zero-order valence-electron chi connectivity index (χ0n) is 9.40. The molecule has 0 aliphatic heterocycles. The molecule has 0 aliphatic carbocycles. The van der Waals surface area contributed by atoms with Gasteiger partial charge in [0.2, 0.25) is 0 Å². The maximum atomic E-state index is 5.82. The van der Waals surface area contributed by atoms with E-state index in [9.17, 15) is 0 Å². The monoisotopic (exact) mass is 231 g/mol. The summed E-state index contributed by atoms with van der Waals surface area (Å²) in [6.07, 6.45) is 3.45. The first-order valence-corrected chi connectivity index (χ1v) is 5.43. The van der Waals surface area contributed by atoms with Gasteiger partial charge in [0.1, 0.15) is 0 Å². The van der Waals surface area contributed by atoms with Crippen LogP contribution in [0.3, 0.4) is 0 Å². The van der Waals surface area contributed by atoms with Crippen molar-refractivity contribution in [2.45, 2.75) is 25.9 Å². The van der Waals surface area contributed by atoms with Gasteiger partial charge in [0, 0.05) is 25.9 Å². The molecule has 1 unspecified atom stereocenters. The maximum absolute atomic E-state index is 5.82. The molecule has 1 aromatic rings. The lowest BCUT2D eigenvalue weighted by Crippen LogP contribution is -2.32. The third-order valence-electron chi connectivity index (χ3n) is 2.06. The van der Waals surface area contributed by atoms with Crippen LogP contribution in [0.4, 0.5) is 0 Å². The van der Waals surface area contributed by atoms with Crippen LogP contribution >= 0.6 is 11.6 Å². The van der Waals surface area contributed by atoms with Crippen molar-refractivity contribution >= 4 is 11.6 Å². The van der Waals surface area contributed by atoms with E-state index in [1.165, 1.54) is 0 Å². The number of hydrogen-bond donors (Lipinski definition) is 1. The summed E-state index contributed by atoms with van der Waals surface area (Å²) >= 11 is 5.82. The van der Waals surface area contributed by atoms with E-state index >= 15 is 0 Å². The molecule has 1 aromatic heterocycles. The average molecular weight is 232 g/mol. The fourth-order valence-corrected chi connectivity index (χ4v) is 1.45. The topological polar surface area (TPSA) is 39.1 Å². The van der Waals surface area contributed by atoms with E-state index < -0.39 is 0 Å². The molecule has 1 heterocycles. The highest BCUT2D eigenvalue weighted by Gasteiger charge is 2.12. The van der Waals surface area contributed by atoms with Crippen LogP contribution in [0.2, 0.25) is 5.02 Å². The van der Waals surface area contributed by atoms with Crippen LogP contribution in [0.5, 0.6) is 0 Å². The van der Waals surface area contributed by atoms with Gasteiger partial charge in [-0.25, -0.2) is 0 Å². The van der Waals surface area contributed by atoms with Gasteiger partial charge in [-0.05, 0) is 0 Å². The van der Waals surface area contributed by atoms with Crippen molar-refractivity contribution in [3.8, 4) is 0 Å². The second-order valence-electron chi connectivity index (χ2n) is 3.81. The van der Waals surface area contributed by atoms with Crippen molar-refractivity contribution in [3.05, 3.63) is 17.4 Å². The Hall–Kier alpha value is -0.580. The molecule has 0 radical (unpaired) electrons. The van der Waals surface area contributed by atoms with E-state index in [0.29, 0.717) is 17.7 Å². The van der Waals surface area contributed by atoms with Crippen LogP contribution < -0.4 is 5.32 Å². The largest absolute Gasteiger partial charge is 0.382 e. The number of aromatic nitrogens is 2. The first kappa shape index (κ1) is 12.5. The minimum atomic E-state index is 0.185. The van der Waals surface area contributed by atoms with E-state index in [1.807, 2.05) is 10.9 Å². The molecular weight excluding hydrogens is 214 g/mol. The van der Waals surface area contributed by atoms with E-state index in [0.717, 1.165) is 6.54 Å². The van der Waals surface area contributed by atoms with Gasteiger partial charge in [0.25, 0.3) is 0 Å². The number of nitrogens with one attached hydrogen (secondary N) is 1. The Balaban J connectivity index is 2.57. The minimum Gasteiger partial charge on any atom is -0.382 e. The molecule has 1 N–H and O–H groups in total. The van der Waals surface area contributed by atoms with Crippen LogP contribution in [-0.4, -0.2) is 36.1 Å². The lowest BCUT2D eigenvalue weighted by atomic mass is 10.3. The molecule has 0 aromatic carbocycles. The standard InChI is InChI=1S/C10H18ClN3O/c1-8(2)12-5-10(7-15-3)14-6-9(11)4-13-14/h4,6,8,10,12H,5,7H2,1-3H3. The summed E-state index contributed by atoms with van der Waals surface area (Å²) in [7, 11) is 1.69. The highest BCUT2D eigenvalue weighted by molar-refractivity contribution is 6.30. The molecule has 0 aliphatic rings. The lowest BCUT2D eigenvalue weighted by molar-refractivity contribution is 0.147. The molecule has 15 heavy (non-hydrogen) atoms. The van der Waals surface area contributed by atoms with Crippen LogP contribution in [0, 0.1) is 0 Å². The normalized spacial score (nSPS) is 13.4. The molecule has 1 rings (SSSR count). The van der Waals surface area contributed by atoms with E-state index in [-0.39, 0.29) is 6.04 Å².